The van der Waals surface area contributed by atoms with Crippen LogP contribution in [-0.4, -0.2) is 38.8 Å². The maximum atomic E-state index is 10.8. The third-order valence-electron chi connectivity index (χ3n) is 2.20. The highest BCUT2D eigenvalue weighted by Gasteiger charge is 2.13. The Labute approximate surface area is 79.0 Å². The Bertz CT molecular complexity index is 156. The molecule has 1 aliphatic rings. The molecule has 1 atom stereocenters. The predicted molar refractivity (Wildman–Crippen MR) is 50.5 cm³/mol. The van der Waals surface area contributed by atoms with Gasteiger partial charge in [0.25, 0.3) is 0 Å². The van der Waals surface area contributed by atoms with Crippen LogP contribution in [0.5, 0.6) is 0 Å². The van der Waals surface area contributed by atoms with E-state index in [0.717, 1.165) is 25.9 Å². The lowest BCUT2D eigenvalue weighted by Gasteiger charge is -2.09. The molecular formula is C9H18N2O2. The van der Waals surface area contributed by atoms with Gasteiger partial charge in [-0.05, 0) is 19.4 Å². The minimum atomic E-state index is 0.0909. The highest BCUT2D eigenvalue weighted by atomic mass is 16.5. The number of hydrogen-bond acceptors (Lipinski definition) is 3. The number of hydrogen-bond donors (Lipinski definition) is 2. The first-order valence-corrected chi connectivity index (χ1v) is 4.86. The van der Waals surface area contributed by atoms with E-state index in [0.29, 0.717) is 19.1 Å². The first kappa shape index (κ1) is 10.5. The van der Waals surface area contributed by atoms with E-state index in [-0.39, 0.29) is 5.91 Å². The predicted octanol–water partition coefficient (Wildman–Crippen LogP) is -0.109. The standard InChI is InChI=1S/C9H18N2O2/c1-10-9(12)3-2-6-13-8-4-5-11-7-8/h8,11H,2-7H2,1H3,(H,10,12). The van der Waals surface area contributed by atoms with Gasteiger partial charge >= 0.3 is 0 Å². The molecule has 1 fully saturated rings. The Balaban J connectivity index is 1.91. The van der Waals surface area contributed by atoms with Crippen LogP contribution < -0.4 is 10.6 Å². The van der Waals surface area contributed by atoms with Gasteiger partial charge in [-0.2, -0.15) is 0 Å². The smallest absolute Gasteiger partial charge is 0.219 e. The van der Waals surface area contributed by atoms with Crippen molar-refractivity contribution in [3.63, 3.8) is 0 Å². The molecule has 1 saturated heterocycles. The lowest BCUT2D eigenvalue weighted by atomic mass is 10.3. The largest absolute Gasteiger partial charge is 0.377 e. The van der Waals surface area contributed by atoms with Crippen molar-refractivity contribution < 1.29 is 9.53 Å². The van der Waals surface area contributed by atoms with Gasteiger partial charge in [-0.15, -0.1) is 0 Å². The summed E-state index contributed by atoms with van der Waals surface area (Å²) in [5.74, 6) is 0.0909. The fourth-order valence-electron chi connectivity index (χ4n) is 1.38. The van der Waals surface area contributed by atoms with Gasteiger partial charge in [-0.3, -0.25) is 4.79 Å². The quantitative estimate of drug-likeness (QED) is 0.589. The molecule has 4 heteroatoms. The number of carbonyl (C=O) groups is 1. The zero-order valence-electron chi connectivity index (χ0n) is 8.14. The van der Waals surface area contributed by atoms with Crippen molar-refractivity contribution in [1.29, 1.82) is 0 Å². The fraction of sp³-hybridized carbons (Fsp3) is 0.889. The topological polar surface area (TPSA) is 50.4 Å². The summed E-state index contributed by atoms with van der Waals surface area (Å²) in [5.41, 5.74) is 0. The van der Waals surface area contributed by atoms with Crippen LogP contribution in [0, 0.1) is 0 Å². The normalized spacial score (nSPS) is 21.8. The number of amides is 1. The van der Waals surface area contributed by atoms with Gasteiger partial charge < -0.3 is 15.4 Å². The molecule has 0 spiro atoms. The summed E-state index contributed by atoms with van der Waals surface area (Å²) in [5, 5.41) is 5.82. The monoisotopic (exact) mass is 186 g/mol. The molecule has 0 aromatic carbocycles. The Morgan fingerprint density at radius 2 is 2.54 bits per heavy atom. The first-order chi connectivity index (χ1) is 6.33. The molecule has 1 rings (SSSR count). The molecule has 0 saturated carbocycles. The van der Waals surface area contributed by atoms with Crippen molar-refractivity contribution >= 4 is 5.91 Å². The summed E-state index contributed by atoms with van der Waals surface area (Å²) >= 11 is 0. The number of rotatable bonds is 5. The second kappa shape index (κ2) is 5.94. The summed E-state index contributed by atoms with van der Waals surface area (Å²) in [6, 6.07) is 0. The Kier molecular flexibility index (Phi) is 4.78. The summed E-state index contributed by atoms with van der Waals surface area (Å²) in [6.45, 7) is 2.71. The second-order valence-electron chi connectivity index (χ2n) is 3.26. The average molecular weight is 186 g/mol. The lowest BCUT2D eigenvalue weighted by Crippen LogP contribution is -2.20. The molecule has 13 heavy (non-hydrogen) atoms. The van der Waals surface area contributed by atoms with E-state index in [1.165, 1.54) is 0 Å². The van der Waals surface area contributed by atoms with Crippen molar-refractivity contribution in [3.8, 4) is 0 Å². The van der Waals surface area contributed by atoms with Gasteiger partial charge in [0.2, 0.25) is 5.91 Å². The molecule has 1 aliphatic heterocycles. The van der Waals surface area contributed by atoms with Crippen molar-refractivity contribution in [1.82, 2.24) is 10.6 Å². The SMILES string of the molecule is CNC(=O)CCCOC1CCNC1. The van der Waals surface area contributed by atoms with Gasteiger partial charge in [0.15, 0.2) is 0 Å². The van der Waals surface area contributed by atoms with Crippen LogP contribution in [0.2, 0.25) is 0 Å². The van der Waals surface area contributed by atoms with Crippen LogP contribution in [0.4, 0.5) is 0 Å². The molecule has 1 unspecified atom stereocenters. The summed E-state index contributed by atoms with van der Waals surface area (Å²) in [4.78, 5) is 10.8. The Morgan fingerprint density at radius 1 is 1.69 bits per heavy atom. The minimum Gasteiger partial charge on any atom is -0.377 e. The van der Waals surface area contributed by atoms with E-state index >= 15 is 0 Å². The molecule has 1 heterocycles. The van der Waals surface area contributed by atoms with Crippen molar-refractivity contribution in [2.75, 3.05) is 26.7 Å². The van der Waals surface area contributed by atoms with Gasteiger partial charge in [0.1, 0.15) is 0 Å². The van der Waals surface area contributed by atoms with Crippen LogP contribution in [-0.2, 0) is 9.53 Å². The molecule has 1 amide bonds. The molecule has 76 valence electrons. The molecule has 0 bridgehead atoms. The zero-order chi connectivity index (χ0) is 9.52. The van der Waals surface area contributed by atoms with E-state index in [2.05, 4.69) is 10.6 Å². The first-order valence-electron chi connectivity index (χ1n) is 4.86. The van der Waals surface area contributed by atoms with Crippen molar-refractivity contribution in [2.45, 2.75) is 25.4 Å². The highest BCUT2D eigenvalue weighted by molar-refractivity contribution is 5.75. The van der Waals surface area contributed by atoms with Crippen LogP contribution in [0.15, 0.2) is 0 Å². The lowest BCUT2D eigenvalue weighted by molar-refractivity contribution is -0.121. The number of ether oxygens (including phenoxy) is 1. The second-order valence-corrected chi connectivity index (χ2v) is 3.26. The van der Waals surface area contributed by atoms with E-state index in [1.54, 1.807) is 7.05 Å². The molecule has 0 aliphatic carbocycles. The molecule has 0 aromatic rings. The number of nitrogens with one attached hydrogen (secondary N) is 2. The fourth-order valence-corrected chi connectivity index (χ4v) is 1.38. The highest BCUT2D eigenvalue weighted by Crippen LogP contribution is 2.03. The van der Waals surface area contributed by atoms with E-state index in [4.69, 9.17) is 4.74 Å². The summed E-state index contributed by atoms with van der Waals surface area (Å²) in [6.07, 6.45) is 2.84. The van der Waals surface area contributed by atoms with E-state index in [9.17, 15) is 4.79 Å². The average Bonchev–Trinajstić information content (AvgIpc) is 2.64. The summed E-state index contributed by atoms with van der Waals surface area (Å²) < 4.78 is 5.56. The van der Waals surface area contributed by atoms with Gasteiger partial charge in [-0.25, -0.2) is 0 Å². The Hall–Kier alpha value is -0.610. The van der Waals surface area contributed by atoms with Gasteiger partial charge in [0, 0.05) is 26.6 Å². The third kappa shape index (κ3) is 4.24. The van der Waals surface area contributed by atoms with E-state index < -0.39 is 0 Å². The Morgan fingerprint density at radius 3 is 3.15 bits per heavy atom. The minimum absolute atomic E-state index is 0.0909. The van der Waals surface area contributed by atoms with Gasteiger partial charge in [0.05, 0.1) is 6.10 Å². The van der Waals surface area contributed by atoms with E-state index in [1.807, 2.05) is 0 Å². The molecule has 4 nitrogen and oxygen atoms in total. The number of carbonyl (C=O) groups excluding carboxylic acids is 1. The maximum Gasteiger partial charge on any atom is 0.219 e. The third-order valence-corrected chi connectivity index (χ3v) is 2.20. The van der Waals surface area contributed by atoms with Crippen LogP contribution >= 0.6 is 0 Å². The van der Waals surface area contributed by atoms with Gasteiger partial charge in [-0.1, -0.05) is 0 Å². The van der Waals surface area contributed by atoms with Crippen molar-refractivity contribution in [3.05, 3.63) is 0 Å². The maximum absolute atomic E-state index is 10.8. The van der Waals surface area contributed by atoms with Crippen LogP contribution in [0.1, 0.15) is 19.3 Å². The molecule has 2 N–H and O–H groups in total. The molecule has 0 radical (unpaired) electrons. The van der Waals surface area contributed by atoms with Crippen LogP contribution in [0.3, 0.4) is 0 Å². The molecule has 0 aromatic heterocycles. The van der Waals surface area contributed by atoms with Crippen LogP contribution in [0.25, 0.3) is 0 Å². The summed E-state index contributed by atoms with van der Waals surface area (Å²) in [7, 11) is 1.66. The van der Waals surface area contributed by atoms with Crippen molar-refractivity contribution in [2.24, 2.45) is 0 Å². The zero-order valence-corrected chi connectivity index (χ0v) is 8.14. The molecular weight excluding hydrogens is 168 g/mol.